The first-order valence-electron chi connectivity index (χ1n) is 4.85. The van der Waals surface area contributed by atoms with Gasteiger partial charge in [-0.3, -0.25) is 9.89 Å². The van der Waals surface area contributed by atoms with Gasteiger partial charge in [-0.05, 0) is 30.0 Å². The number of nitrogens with two attached hydrogens (primary N) is 1. The zero-order chi connectivity index (χ0) is 12.3. The lowest BCUT2D eigenvalue weighted by Gasteiger charge is -2.07. The van der Waals surface area contributed by atoms with Crippen LogP contribution < -0.4 is 11.1 Å². The highest BCUT2D eigenvalue weighted by Gasteiger charge is 2.12. The van der Waals surface area contributed by atoms with Gasteiger partial charge < -0.3 is 11.1 Å². The van der Waals surface area contributed by atoms with E-state index in [0.717, 1.165) is 4.90 Å². The molecular weight excluding hydrogens is 238 g/mol. The maximum absolute atomic E-state index is 11.7. The second-order valence-electron chi connectivity index (χ2n) is 3.23. The smallest absolute Gasteiger partial charge is 0.252 e. The van der Waals surface area contributed by atoms with Gasteiger partial charge in [-0.1, -0.05) is 0 Å². The molecule has 1 aromatic carbocycles. The molecule has 2 rings (SSSR count). The Labute approximate surface area is 102 Å². The second kappa shape index (κ2) is 4.88. The number of nitrogens with zero attached hydrogens (tertiary/aromatic N) is 2. The average Bonchev–Trinajstić information content (AvgIpc) is 2.81. The summed E-state index contributed by atoms with van der Waals surface area (Å²) in [5.74, 6) is -0.160. The third kappa shape index (κ3) is 2.56. The molecule has 1 amide bonds. The molecule has 0 saturated heterocycles. The number of hydrogen-bond acceptors (Lipinski definition) is 5. The van der Waals surface area contributed by atoms with E-state index in [1.54, 1.807) is 25.2 Å². The van der Waals surface area contributed by atoms with Crippen molar-refractivity contribution < 1.29 is 4.79 Å². The topological polar surface area (TPSA) is 96.7 Å². The highest BCUT2D eigenvalue weighted by Crippen LogP contribution is 2.29. The summed E-state index contributed by atoms with van der Waals surface area (Å²) in [6.07, 6.45) is 1.41. The summed E-state index contributed by atoms with van der Waals surface area (Å²) < 4.78 is 0. The Bertz CT molecular complexity index is 525. The van der Waals surface area contributed by atoms with Crippen LogP contribution in [0.4, 0.5) is 5.69 Å². The molecule has 0 aliphatic carbocycles. The lowest BCUT2D eigenvalue weighted by molar-refractivity contribution is 0.0960. The van der Waals surface area contributed by atoms with Crippen LogP contribution in [-0.4, -0.2) is 28.1 Å². The summed E-state index contributed by atoms with van der Waals surface area (Å²) >= 11 is 1.31. The van der Waals surface area contributed by atoms with Gasteiger partial charge in [0.15, 0.2) is 5.16 Å². The highest BCUT2D eigenvalue weighted by molar-refractivity contribution is 7.99. The monoisotopic (exact) mass is 249 g/mol. The number of anilines is 1. The van der Waals surface area contributed by atoms with Gasteiger partial charge in [0.1, 0.15) is 6.33 Å². The molecule has 0 radical (unpaired) electrons. The van der Waals surface area contributed by atoms with Crippen molar-refractivity contribution in [2.24, 2.45) is 0 Å². The molecule has 0 aliphatic rings. The molecule has 0 spiro atoms. The van der Waals surface area contributed by atoms with E-state index >= 15 is 0 Å². The van der Waals surface area contributed by atoms with Gasteiger partial charge in [0.05, 0.1) is 5.56 Å². The zero-order valence-corrected chi connectivity index (χ0v) is 9.91. The van der Waals surface area contributed by atoms with Crippen LogP contribution in [0.1, 0.15) is 10.4 Å². The first-order valence-corrected chi connectivity index (χ1v) is 5.67. The molecule has 0 atom stereocenters. The predicted octanol–water partition coefficient (Wildman–Crippen LogP) is 0.898. The van der Waals surface area contributed by atoms with Crippen LogP contribution in [0.3, 0.4) is 0 Å². The number of carbonyl (C=O) groups is 1. The van der Waals surface area contributed by atoms with Crippen molar-refractivity contribution in [1.82, 2.24) is 20.5 Å². The van der Waals surface area contributed by atoms with Gasteiger partial charge in [-0.2, -0.15) is 5.10 Å². The average molecular weight is 249 g/mol. The first-order chi connectivity index (χ1) is 8.20. The third-order valence-corrected chi connectivity index (χ3v) is 3.02. The molecule has 88 valence electrons. The molecule has 4 N–H and O–H groups in total. The molecule has 0 fully saturated rings. The third-order valence-electron chi connectivity index (χ3n) is 2.08. The minimum atomic E-state index is -0.160. The van der Waals surface area contributed by atoms with Crippen molar-refractivity contribution in [3.8, 4) is 0 Å². The van der Waals surface area contributed by atoms with Crippen LogP contribution >= 0.6 is 11.8 Å². The Morgan fingerprint density at radius 1 is 1.53 bits per heavy atom. The molecule has 0 bridgehead atoms. The quantitative estimate of drug-likeness (QED) is 0.702. The number of benzene rings is 1. The normalized spacial score (nSPS) is 10.2. The number of aromatic amines is 1. The molecule has 6 nitrogen and oxygen atoms in total. The molecule has 0 unspecified atom stereocenters. The van der Waals surface area contributed by atoms with Gasteiger partial charge in [0.2, 0.25) is 0 Å². The fourth-order valence-corrected chi connectivity index (χ4v) is 2.17. The molecule has 2 aromatic rings. The van der Waals surface area contributed by atoms with E-state index in [9.17, 15) is 4.79 Å². The maximum Gasteiger partial charge on any atom is 0.252 e. The van der Waals surface area contributed by atoms with Gasteiger partial charge in [0.25, 0.3) is 5.91 Å². The standard InChI is InChI=1S/C10H11N5OS/c1-12-9(16)7-3-2-6(11)4-8(7)17-10-13-5-14-15-10/h2-5H,11H2,1H3,(H,12,16)(H,13,14,15). The summed E-state index contributed by atoms with van der Waals surface area (Å²) in [7, 11) is 1.58. The van der Waals surface area contributed by atoms with Crippen molar-refractivity contribution in [2.75, 3.05) is 12.8 Å². The Balaban J connectivity index is 2.36. The molecule has 0 aliphatic heterocycles. The van der Waals surface area contributed by atoms with Crippen LogP contribution in [-0.2, 0) is 0 Å². The van der Waals surface area contributed by atoms with Crippen LogP contribution in [0.25, 0.3) is 0 Å². The van der Waals surface area contributed by atoms with Gasteiger partial charge in [-0.15, -0.1) is 0 Å². The van der Waals surface area contributed by atoms with E-state index in [4.69, 9.17) is 5.73 Å². The minimum absolute atomic E-state index is 0.160. The minimum Gasteiger partial charge on any atom is -0.399 e. The summed E-state index contributed by atoms with van der Waals surface area (Å²) in [6, 6.07) is 5.11. The number of H-pyrrole nitrogens is 1. The number of rotatable bonds is 3. The number of aromatic nitrogens is 3. The summed E-state index contributed by atoms with van der Waals surface area (Å²) in [5, 5.41) is 9.66. The van der Waals surface area contributed by atoms with Crippen molar-refractivity contribution in [2.45, 2.75) is 10.1 Å². The maximum atomic E-state index is 11.7. The van der Waals surface area contributed by atoms with Crippen LogP contribution in [0.2, 0.25) is 0 Å². The number of nitrogen functional groups attached to an aromatic ring is 1. The lowest BCUT2D eigenvalue weighted by atomic mass is 10.2. The Morgan fingerprint density at radius 3 is 3.00 bits per heavy atom. The van der Waals surface area contributed by atoms with E-state index in [-0.39, 0.29) is 5.91 Å². The van der Waals surface area contributed by atoms with Crippen molar-refractivity contribution >= 4 is 23.4 Å². The highest BCUT2D eigenvalue weighted by atomic mass is 32.2. The fraction of sp³-hybridized carbons (Fsp3) is 0.100. The summed E-state index contributed by atoms with van der Waals surface area (Å²) in [5.41, 5.74) is 6.86. The zero-order valence-electron chi connectivity index (χ0n) is 9.10. The summed E-state index contributed by atoms with van der Waals surface area (Å²) in [4.78, 5) is 16.4. The van der Waals surface area contributed by atoms with E-state index in [1.807, 2.05) is 0 Å². The summed E-state index contributed by atoms with van der Waals surface area (Å²) in [6.45, 7) is 0. The van der Waals surface area contributed by atoms with E-state index < -0.39 is 0 Å². The molecular formula is C10H11N5OS. The fourth-order valence-electron chi connectivity index (χ4n) is 1.29. The first kappa shape index (κ1) is 11.5. The Kier molecular flexibility index (Phi) is 3.29. The largest absolute Gasteiger partial charge is 0.399 e. The van der Waals surface area contributed by atoms with Crippen LogP contribution in [0, 0.1) is 0 Å². The van der Waals surface area contributed by atoms with Crippen molar-refractivity contribution in [1.29, 1.82) is 0 Å². The molecule has 7 heteroatoms. The molecule has 1 heterocycles. The van der Waals surface area contributed by atoms with Crippen molar-refractivity contribution in [3.05, 3.63) is 30.1 Å². The van der Waals surface area contributed by atoms with Crippen LogP contribution in [0.15, 0.2) is 34.6 Å². The number of amides is 1. The van der Waals surface area contributed by atoms with E-state index in [1.165, 1.54) is 18.1 Å². The number of nitrogens with one attached hydrogen (secondary N) is 2. The molecule has 1 aromatic heterocycles. The lowest BCUT2D eigenvalue weighted by Crippen LogP contribution is -2.18. The van der Waals surface area contributed by atoms with Gasteiger partial charge >= 0.3 is 0 Å². The van der Waals surface area contributed by atoms with Gasteiger partial charge in [-0.25, -0.2) is 4.98 Å². The van der Waals surface area contributed by atoms with Crippen molar-refractivity contribution in [3.63, 3.8) is 0 Å². The number of carbonyl (C=O) groups excluding carboxylic acids is 1. The SMILES string of the molecule is CNC(=O)c1ccc(N)cc1Sc1ncn[nH]1. The Morgan fingerprint density at radius 2 is 2.35 bits per heavy atom. The predicted molar refractivity (Wildman–Crippen MR) is 64.8 cm³/mol. The van der Waals surface area contributed by atoms with Crippen LogP contribution in [0.5, 0.6) is 0 Å². The van der Waals surface area contributed by atoms with E-state index in [2.05, 4.69) is 20.5 Å². The molecule has 17 heavy (non-hydrogen) atoms. The Hall–Kier alpha value is -2.02. The van der Waals surface area contributed by atoms with Gasteiger partial charge in [0, 0.05) is 17.6 Å². The molecule has 0 saturated carbocycles. The van der Waals surface area contributed by atoms with E-state index in [0.29, 0.717) is 16.4 Å². The number of hydrogen-bond donors (Lipinski definition) is 3. The second-order valence-corrected chi connectivity index (χ2v) is 4.26.